The Hall–Kier alpha value is -1.93. The number of nitriles is 1. The first-order valence-electron chi connectivity index (χ1n) is 6.65. The standard InChI is InChI=1S/C15H18FN3O/c1-15(2,11-17)19-9-7-18(8-10-19)14(20)12-3-5-13(16)6-4-12/h3-6H,7-10H2,1-2H3. The molecule has 0 aliphatic carbocycles. The summed E-state index contributed by atoms with van der Waals surface area (Å²) in [5.41, 5.74) is -0.00948. The third-order valence-corrected chi connectivity index (χ3v) is 3.72. The van der Waals surface area contributed by atoms with E-state index in [4.69, 9.17) is 5.26 Å². The van der Waals surface area contributed by atoms with Gasteiger partial charge in [0.15, 0.2) is 0 Å². The van der Waals surface area contributed by atoms with Crippen LogP contribution in [0.4, 0.5) is 4.39 Å². The molecule has 1 aromatic carbocycles. The lowest BCUT2D eigenvalue weighted by Crippen LogP contribution is -2.55. The molecule has 1 amide bonds. The molecule has 0 unspecified atom stereocenters. The summed E-state index contributed by atoms with van der Waals surface area (Å²) < 4.78 is 12.9. The number of carbonyl (C=O) groups is 1. The van der Waals surface area contributed by atoms with E-state index < -0.39 is 5.54 Å². The molecule has 0 spiro atoms. The van der Waals surface area contributed by atoms with E-state index in [1.165, 1.54) is 24.3 Å². The quantitative estimate of drug-likeness (QED) is 0.828. The second kappa shape index (κ2) is 5.59. The van der Waals surface area contributed by atoms with Crippen LogP contribution in [-0.4, -0.2) is 47.4 Å². The summed E-state index contributed by atoms with van der Waals surface area (Å²) in [6.45, 7) is 6.28. The number of carbonyl (C=O) groups excluding carboxylic acids is 1. The molecule has 1 fully saturated rings. The van der Waals surface area contributed by atoms with Crippen molar-refractivity contribution >= 4 is 5.91 Å². The lowest BCUT2D eigenvalue weighted by atomic mass is 10.0. The molecule has 1 saturated heterocycles. The van der Waals surface area contributed by atoms with Crippen molar-refractivity contribution in [1.29, 1.82) is 5.26 Å². The Balaban J connectivity index is 1.99. The first-order valence-corrected chi connectivity index (χ1v) is 6.65. The molecular weight excluding hydrogens is 257 g/mol. The highest BCUT2D eigenvalue weighted by Gasteiger charge is 2.31. The van der Waals surface area contributed by atoms with Gasteiger partial charge in [0.1, 0.15) is 11.4 Å². The van der Waals surface area contributed by atoms with Crippen LogP contribution >= 0.6 is 0 Å². The number of nitrogens with zero attached hydrogens (tertiary/aromatic N) is 3. The van der Waals surface area contributed by atoms with Gasteiger partial charge in [-0.05, 0) is 38.1 Å². The third-order valence-electron chi connectivity index (χ3n) is 3.72. The van der Waals surface area contributed by atoms with E-state index in [1.54, 1.807) is 4.90 Å². The van der Waals surface area contributed by atoms with E-state index in [0.717, 1.165) is 0 Å². The van der Waals surface area contributed by atoms with Gasteiger partial charge in [0.2, 0.25) is 0 Å². The summed E-state index contributed by atoms with van der Waals surface area (Å²) in [5.74, 6) is -0.429. The first kappa shape index (κ1) is 14.5. The topological polar surface area (TPSA) is 47.3 Å². The van der Waals surface area contributed by atoms with Crippen LogP contribution in [0.1, 0.15) is 24.2 Å². The monoisotopic (exact) mass is 275 g/mol. The second-order valence-electron chi connectivity index (χ2n) is 5.46. The molecule has 1 aromatic rings. The lowest BCUT2D eigenvalue weighted by molar-refractivity contribution is 0.0521. The SMILES string of the molecule is CC(C)(C#N)N1CCN(C(=O)c2ccc(F)cc2)CC1. The average Bonchev–Trinajstić information content (AvgIpc) is 2.47. The minimum atomic E-state index is -0.509. The van der Waals surface area contributed by atoms with Crippen molar-refractivity contribution in [2.75, 3.05) is 26.2 Å². The molecule has 1 heterocycles. The summed E-state index contributed by atoms with van der Waals surface area (Å²) in [4.78, 5) is 16.1. The molecule has 1 aliphatic heterocycles. The number of hydrogen-bond acceptors (Lipinski definition) is 3. The number of rotatable bonds is 2. The fraction of sp³-hybridized carbons (Fsp3) is 0.467. The smallest absolute Gasteiger partial charge is 0.253 e. The Morgan fingerprint density at radius 3 is 2.25 bits per heavy atom. The molecule has 2 rings (SSSR count). The number of benzene rings is 1. The highest BCUT2D eigenvalue weighted by Crippen LogP contribution is 2.17. The van der Waals surface area contributed by atoms with Crippen LogP contribution in [0.15, 0.2) is 24.3 Å². The van der Waals surface area contributed by atoms with Crippen molar-refractivity contribution in [3.63, 3.8) is 0 Å². The number of piperazine rings is 1. The van der Waals surface area contributed by atoms with E-state index in [0.29, 0.717) is 31.7 Å². The molecule has 0 aromatic heterocycles. The molecule has 106 valence electrons. The van der Waals surface area contributed by atoms with Gasteiger partial charge in [-0.15, -0.1) is 0 Å². The Morgan fingerprint density at radius 2 is 1.75 bits per heavy atom. The largest absolute Gasteiger partial charge is 0.336 e. The van der Waals surface area contributed by atoms with Gasteiger partial charge in [0.05, 0.1) is 6.07 Å². The van der Waals surface area contributed by atoms with Gasteiger partial charge >= 0.3 is 0 Å². The van der Waals surface area contributed by atoms with E-state index in [-0.39, 0.29) is 11.7 Å². The molecule has 0 saturated carbocycles. The van der Waals surface area contributed by atoms with Gasteiger partial charge < -0.3 is 4.90 Å². The number of halogens is 1. The van der Waals surface area contributed by atoms with E-state index in [2.05, 4.69) is 11.0 Å². The van der Waals surface area contributed by atoms with Crippen LogP contribution in [0.25, 0.3) is 0 Å². The van der Waals surface area contributed by atoms with E-state index in [9.17, 15) is 9.18 Å². The number of hydrogen-bond donors (Lipinski definition) is 0. The second-order valence-corrected chi connectivity index (χ2v) is 5.46. The molecule has 5 heteroatoms. The van der Waals surface area contributed by atoms with Gasteiger partial charge in [-0.25, -0.2) is 4.39 Å². The lowest BCUT2D eigenvalue weighted by Gasteiger charge is -2.40. The first-order chi connectivity index (χ1) is 9.44. The molecule has 0 radical (unpaired) electrons. The van der Waals surface area contributed by atoms with Gasteiger partial charge in [-0.2, -0.15) is 5.26 Å². The maximum absolute atomic E-state index is 12.9. The van der Waals surface area contributed by atoms with Crippen LogP contribution in [-0.2, 0) is 0 Å². The fourth-order valence-corrected chi connectivity index (χ4v) is 2.31. The molecule has 1 aliphatic rings. The zero-order valence-corrected chi connectivity index (χ0v) is 11.8. The van der Waals surface area contributed by atoms with Gasteiger partial charge in [0.25, 0.3) is 5.91 Å². The summed E-state index contributed by atoms with van der Waals surface area (Å²) in [6, 6.07) is 7.87. The minimum absolute atomic E-state index is 0.0839. The predicted octanol–water partition coefficient (Wildman–Crippen LogP) is 1.89. The molecule has 0 atom stereocenters. The Morgan fingerprint density at radius 1 is 1.20 bits per heavy atom. The van der Waals surface area contributed by atoms with Crippen LogP contribution in [0, 0.1) is 17.1 Å². The van der Waals surface area contributed by atoms with Gasteiger partial charge in [-0.3, -0.25) is 9.69 Å². The summed E-state index contributed by atoms with van der Waals surface area (Å²) in [6.07, 6.45) is 0. The molecular formula is C15H18FN3O. The highest BCUT2D eigenvalue weighted by molar-refractivity contribution is 5.94. The molecule has 4 nitrogen and oxygen atoms in total. The molecule has 0 bridgehead atoms. The zero-order chi connectivity index (χ0) is 14.8. The Bertz CT molecular complexity index is 525. The zero-order valence-electron chi connectivity index (χ0n) is 11.8. The van der Waals surface area contributed by atoms with Crippen molar-refractivity contribution in [3.8, 4) is 6.07 Å². The fourth-order valence-electron chi connectivity index (χ4n) is 2.31. The van der Waals surface area contributed by atoms with Crippen LogP contribution < -0.4 is 0 Å². The van der Waals surface area contributed by atoms with E-state index in [1.807, 2.05) is 13.8 Å². The molecule has 0 N–H and O–H groups in total. The van der Waals surface area contributed by atoms with Crippen molar-refractivity contribution < 1.29 is 9.18 Å². The maximum Gasteiger partial charge on any atom is 0.253 e. The van der Waals surface area contributed by atoms with Gasteiger partial charge in [-0.1, -0.05) is 0 Å². The van der Waals surface area contributed by atoms with Crippen LogP contribution in [0.3, 0.4) is 0 Å². The number of amides is 1. The summed E-state index contributed by atoms with van der Waals surface area (Å²) in [7, 11) is 0. The van der Waals surface area contributed by atoms with Crippen molar-refractivity contribution in [1.82, 2.24) is 9.80 Å². The Kier molecular flexibility index (Phi) is 4.05. The predicted molar refractivity (Wildman–Crippen MR) is 73.6 cm³/mol. The van der Waals surface area contributed by atoms with Crippen LogP contribution in [0.5, 0.6) is 0 Å². The molecule has 20 heavy (non-hydrogen) atoms. The van der Waals surface area contributed by atoms with Crippen molar-refractivity contribution in [2.45, 2.75) is 19.4 Å². The van der Waals surface area contributed by atoms with Gasteiger partial charge in [0, 0.05) is 31.7 Å². The minimum Gasteiger partial charge on any atom is -0.336 e. The highest BCUT2D eigenvalue weighted by atomic mass is 19.1. The van der Waals surface area contributed by atoms with Crippen molar-refractivity contribution in [3.05, 3.63) is 35.6 Å². The average molecular weight is 275 g/mol. The van der Waals surface area contributed by atoms with Crippen LogP contribution in [0.2, 0.25) is 0 Å². The summed E-state index contributed by atoms with van der Waals surface area (Å²) in [5, 5.41) is 9.12. The normalized spacial score (nSPS) is 16.8. The Labute approximate surface area is 118 Å². The maximum atomic E-state index is 12.9. The third kappa shape index (κ3) is 2.97. The van der Waals surface area contributed by atoms with Crippen molar-refractivity contribution in [2.24, 2.45) is 0 Å². The van der Waals surface area contributed by atoms with E-state index >= 15 is 0 Å². The summed E-state index contributed by atoms with van der Waals surface area (Å²) >= 11 is 0.